The third-order valence-electron chi connectivity index (χ3n) is 3.36. The molecule has 0 aliphatic carbocycles. The molecule has 0 bridgehead atoms. The van der Waals surface area contributed by atoms with Crippen LogP contribution >= 0.6 is 11.3 Å². The van der Waals surface area contributed by atoms with E-state index in [1.54, 1.807) is 34.5 Å². The largest absolute Gasteiger partial charge is 0.348 e. The molecule has 114 valence electrons. The molecule has 3 aromatic heterocycles. The fourth-order valence-corrected chi connectivity index (χ4v) is 2.84. The van der Waals surface area contributed by atoms with Gasteiger partial charge in [-0.05, 0) is 22.4 Å². The molecule has 7 nitrogen and oxygen atoms in total. The molecule has 0 aliphatic heterocycles. The molecule has 0 unspecified atom stereocenters. The molecule has 3 aromatic rings. The number of carbonyl (C=O) groups is 1. The molecule has 8 heteroatoms. The Morgan fingerprint density at radius 3 is 2.95 bits per heavy atom. The normalized spacial score (nSPS) is 10.8. The zero-order valence-electron chi connectivity index (χ0n) is 12.4. The van der Waals surface area contributed by atoms with Gasteiger partial charge in [-0.3, -0.25) is 4.79 Å². The van der Waals surface area contributed by atoms with Crippen LogP contribution in [0.15, 0.2) is 29.5 Å². The number of anilines is 1. The summed E-state index contributed by atoms with van der Waals surface area (Å²) in [7, 11) is 3.64. The number of fused-ring (bicyclic) bond motifs is 1. The van der Waals surface area contributed by atoms with Crippen LogP contribution in [0.1, 0.15) is 5.56 Å². The predicted molar refractivity (Wildman–Crippen MR) is 85.7 cm³/mol. The maximum Gasteiger partial charge on any atom is 0.242 e. The van der Waals surface area contributed by atoms with Gasteiger partial charge in [0.1, 0.15) is 11.8 Å². The third kappa shape index (κ3) is 2.91. The Labute approximate surface area is 131 Å². The van der Waals surface area contributed by atoms with E-state index in [4.69, 9.17) is 0 Å². The predicted octanol–water partition coefficient (Wildman–Crippen LogP) is 1.51. The molecule has 0 fully saturated rings. The number of imidazole rings is 1. The van der Waals surface area contributed by atoms with Crippen LogP contribution in [0.5, 0.6) is 0 Å². The first-order chi connectivity index (χ1) is 10.6. The topological polar surface area (TPSA) is 78.0 Å². The van der Waals surface area contributed by atoms with Crippen molar-refractivity contribution in [1.82, 2.24) is 24.8 Å². The van der Waals surface area contributed by atoms with Crippen molar-refractivity contribution in [3.63, 3.8) is 0 Å². The minimum atomic E-state index is 0.0278. The zero-order valence-corrected chi connectivity index (χ0v) is 13.2. The average molecular weight is 316 g/mol. The van der Waals surface area contributed by atoms with Crippen molar-refractivity contribution in [2.24, 2.45) is 0 Å². The molecule has 0 spiro atoms. The van der Waals surface area contributed by atoms with Crippen LogP contribution in [0.2, 0.25) is 0 Å². The summed E-state index contributed by atoms with van der Waals surface area (Å²) >= 11 is 1.63. The first kappa shape index (κ1) is 14.5. The summed E-state index contributed by atoms with van der Waals surface area (Å²) in [6.45, 7) is 0.852. The molecular weight excluding hydrogens is 300 g/mol. The Morgan fingerprint density at radius 1 is 1.32 bits per heavy atom. The molecule has 0 aromatic carbocycles. The van der Waals surface area contributed by atoms with Crippen LogP contribution < -0.4 is 4.90 Å². The SMILES string of the molecule is CN(Cc1ccsc1)C(=O)CN(C)c1ncnc2nc[nH]c12. The number of H-pyrrole nitrogens is 1. The highest BCUT2D eigenvalue weighted by Crippen LogP contribution is 2.18. The fourth-order valence-electron chi connectivity index (χ4n) is 2.18. The van der Waals surface area contributed by atoms with Gasteiger partial charge in [-0.15, -0.1) is 0 Å². The van der Waals surface area contributed by atoms with E-state index in [1.165, 1.54) is 6.33 Å². The maximum atomic E-state index is 12.3. The van der Waals surface area contributed by atoms with Crippen molar-refractivity contribution >= 4 is 34.2 Å². The van der Waals surface area contributed by atoms with E-state index in [9.17, 15) is 4.79 Å². The number of thiophene rings is 1. The van der Waals surface area contributed by atoms with Gasteiger partial charge in [0.05, 0.1) is 12.9 Å². The van der Waals surface area contributed by atoms with Crippen LogP contribution in [0.4, 0.5) is 5.82 Å². The highest BCUT2D eigenvalue weighted by Gasteiger charge is 2.16. The Kier molecular flexibility index (Phi) is 4.01. The molecule has 0 saturated heterocycles. The Hall–Kier alpha value is -2.48. The molecule has 3 rings (SSSR count). The van der Waals surface area contributed by atoms with Gasteiger partial charge >= 0.3 is 0 Å². The summed E-state index contributed by atoms with van der Waals surface area (Å²) in [4.78, 5) is 31.3. The number of nitrogens with one attached hydrogen (secondary N) is 1. The van der Waals surface area contributed by atoms with E-state index in [0.29, 0.717) is 18.0 Å². The number of likely N-dealkylation sites (N-methyl/N-ethyl adjacent to an activating group) is 2. The Balaban J connectivity index is 1.69. The van der Waals surface area contributed by atoms with Crippen molar-refractivity contribution in [2.45, 2.75) is 6.54 Å². The molecule has 1 N–H and O–H groups in total. The van der Waals surface area contributed by atoms with Crippen LogP contribution in [-0.4, -0.2) is 51.4 Å². The molecular formula is C14H16N6OS. The molecule has 0 atom stereocenters. The third-order valence-corrected chi connectivity index (χ3v) is 4.09. The van der Waals surface area contributed by atoms with E-state index in [0.717, 1.165) is 11.1 Å². The molecule has 0 radical (unpaired) electrons. The lowest BCUT2D eigenvalue weighted by Gasteiger charge is -2.22. The highest BCUT2D eigenvalue weighted by molar-refractivity contribution is 7.07. The zero-order chi connectivity index (χ0) is 15.5. The first-order valence-electron chi connectivity index (χ1n) is 6.75. The summed E-state index contributed by atoms with van der Waals surface area (Å²) in [6.07, 6.45) is 3.02. The smallest absolute Gasteiger partial charge is 0.242 e. The first-order valence-corrected chi connectivity index (χ1v) is 7.69. The summed E-state index contributed by atoms with van der Waals surface area (Å²) in [5, 5.41) is 4.06. The van der Waals surface area contributed by atoms with Crippen molar-refractivity contribution < 1.29 is 4.79 Å². The van der Waals surface area contributed by atoms with E-state index < -0.39 is 0 Å². The lowest BCUT2D eigenvalue weighted by atomic mass is 10.3. The fraction of sp³-hybridized carbons (Fsp3) is 0.286. The number of nitrogens with zero attached hydrogens (tertiary/aromatic N) is 5. The maximum absolute atomic E-state index is 12.3. The molecule has 22 heavy (non-hydrogen) atoms. The quantitative estimate of drug-likeness (QED) is 0.772. The second-order valence-corrected chi connectivity index (χ2v) is 5.82. The number of aromatic amines is 1. The van der Waals surface area contributed by atoms with Gasteiger partial charge in [-0.25, -0.2) is 15.0 Å². The molecule has 0 saturated carbocycles. The molecule has 1 amide bonds. The second kappa shape index (κ2) is 6.10. The lowest BCUT2D eigenvalue weighted by Crippen LogP contribution is -2.36. The summed E-state index contributed by atoms with van der Waals surface area (Å²) in [5.74, 6) is 0.694. The molecule has 0 aliphatic rings. The van der Waals surface area contributed by atoms with Crippen LogP contribution in [-0.2, 0) is 11.3 Å². The number of hydrogen-bond acceptors (Lipinski definition) is 6. The number of rotatable bonds is 5. The van der Waals surface area contributed by atoms with E-state index in [-0.39, 0.29) is 12.5 Å². The minimum Gasteiger partial charge on any atom is -0.348 e. The van der Waals surface area contributed by atoms with Crippen molar-refractivity contribution in [3.8, 4) is 0 Å². The minimum absolute atomic E-state index is 0.0278. The van der Waals surface area contributed by atoms with Gasteiger partial charge in [0.25, 0.3) is 0 Å². The molecule has 3 heterocycles. The van der Waals surface area contributed by atoms with E-state index in [2.05, 4.69) is 19.9 Å². The summed E-state index contributed by atoms with van der Waals surface area (Å²) < 4.78 is 0. The van der Waals surface area contributed by atoms with Gasteiger partial charge in [0.15, 0.2) is 11.5 Å². The highest BCUT2D eigenvalue weighted by atomic mass is 32.1. The Morgan fingerprint density at radius 2 is 2.18 bits per heavy atom. The van der Waals surface area contributed by atoms with Gasteiger partial charge in [-0.2, -0.15) is 11.3 Å². The summed E-state index contributed by atoms with van der Waals surface area (Å²) in [5.41, 5.74) is 2.47. The van der Waals surface area contributed by atoms with Crippen LogP contribution in [0, 0.1) is 0 Å². The Bertz CT molecular complexity index is 769. The van der Waals surface area contributed by atoms with Gasteiger partial charge in [-0.1, -0.05) is 0 Å². The lowest BCUT2D eigenvalue weighted by molar-refractivity contribution is -0.128. The van der Waals surface area contributed by atoms with Crippen LogP contribution in [0.3, 0.4) is 0 Å². The standard InChI is InChI=1S/C14H16N6OS/c1-19(5-10-3-4-22-7-10)11(21)6-20(2)14-12-13(16-8-15-12)17-9-18-14/h3-4,7-9H,5-6H2,1-2H3,(H,15,16,17,18). The average Bonchev–Trinajstić information content (AvgIpc) is 3.17. The van der Waals surface area contributed by atoms with Gasteiger partial charge in [0.2, 0.25) is 5.91 Å². The van der Waals surface area contributed by atoms with Crippen molar-refractivity contribution in [2.75, 3.05) is 25.5 Å². The summed E-state index contributed by atoms with van der Waals surface area (Å²) in [6, 6.07) is 2.02. The number of amides is 1. The second-order valence-electron chi connectivity index (χ2n) is 5.04. The van der Waals surface area contributed by atoms with Crippen LogP contribution in [0.25, 0.3) is 11.2 Å². The van der Waals surface area contributed by atoms with Gasteiger partial charge < -0.3 is 14.8 Å². The monoisotopic (exact) mass is 316 g/mol. The van der Waals surface area contributed by atoms with Crippen molar-refractivity contribution in [3.05, 3.63) is 35.0 Å². The number of aromatic nitrogens is 4. The van der Waals surface area contributed by atoms with E-state index in [1.807, 2.05) is 23.9 Å². The number of carbonyl (C=O) groups excluding carboxylic acids is 1. The number of hydrogen-bond donors (Lipinski definition) is 1. The van der Waals surface area contributed by atoms with Gasteiger partial charge in [0, 0.05) is 20.6 Å². The van der Waals surface area contributed by atoms with Crippen molar-refractivity contribution in [1.29, 1.82) is 0 Å². The van der Waals surface area contributed by atoms with E-state index >= 15 is 0 Å².